The van der Waals surface area contributed by atoms with Gasteiger partial charge in [0.05, 0.1) is 19.1 Å². The molecule has 7 heteroatoms. The number of methoxy groups -OCH3 is 1. The second-order valence-corrected chi connectivity index (χ2v) is 5.50. The van der Waals surface area contributed by atoms with E-state index in [1.54, 1.807) is 18.2 Å². The van der Waals surface area contributed by atoms with E-state index in [9.17, 15) is 14.0 Å². The molecule has 0 aliphatic heterocycles. The highest BCUT2D eigenvalue weighted by molar-refractivity contribution is 5.90. The first-order chi connectivity index (χ1) is 12.6. The molecule has 3 rings (SSSR count). The average molecular weight is 353 g/mol. The highest BCUT2D eigenvalue weighted by atomic mass is 19.1. The Morgan fingerprint density at radius 1 is 1.19 bits per heavy atom. The number of nitrogens with one attached hydrogen (secondary N) is 1. The number of para-hydroxylation sites is 1. The number of nitrogens with zero attached hydrogens (tertiary/aromatic N) is 2. The summed E-state index contributed by atoms with van der Waals surface area (Å²) in [5, 5.41) is 2.54. The first-order valence-electron chi connectivity index (χ1n) is 7.82. The number of anilines is 1. The molecule has 0 bridgehead atoms. The number of hydrogen-bond donors (Lipinski definition) is 1. The Balaban J connectivity index is 1.78. The molecule has 26 heavy (non-hydrogen) atoms. The zero-order valence-electron chi connectivity index (χ0n) is 14.0. The second kappa shape index (κ2) is 7.60. The lowest BCUT2D eigenvalue weighted by Crippen LogP contribution is -2.27. The minimum Gasteiger partial charge on any atom is -0.496 e. The highest BCUT2D eigenvalue weighted by Crippen LogP contribution is 2.26. The summed E-state index contributed by atoms with van der Waals surface area (Å²) in [4.78, 5) is 28.6. The van der Waals surface area contributed by atoms with Gasteiger partial charge < -0.3 is 10.1 Å². The third kappa shape index (κ3) is 3.94. The normalized spacial score (nSPS) is 10.4. The molecule has 6 nitrogen and oxygen atoms in total. The highest BCUT2D eigenvalue weighted by Gasteiger charge is 2.10. The van der Waals surface area contributed by atoms with Gasteiger partial charge in [0.1, 0.15) is 18.1 Å². The number of carbonyl (C=O) groups is 1. The molecule has 0 radical (unpaired) electrons. The van der Waals surface area contributed by atoms with Crippen LogP contribution in [0, 0.1) is 5.82 Å². The average Bonchev–Trinajstić information content (AvgIpc) is 2.63. The lowest BCUT2D eigenvalue weighted by molar-refractivity contribution is -0.116. The smallest absolute Gasteiger partial charge is 0.254 e. The van der Waals surface area contributed by atoms with Crippen molar-refractivity contribution in [3.05, 3.63) is 77.1 Å². The number of hydrogen-bond acceptors (Lipinski definition) is 4. The number of rotatable bonds is 5. The molecule has 1 amide bonds. The van der Waals surface area contributed by atoms with Crippen LogP contribution in [0.25, 0.3) is 11.3 Å². The third-order valence-electron chi connectivity index (χ3n) is 3.68. The van der Waals surface area contributed by atoms with Crippen molar-refractivity contribution in [3.63, 3.8) is 0 Å². The van der Waals surface area contributed by atoms with Gasteiger partial charge in [-0.05, 0) is 30.3 Å². The van der Waals surface area contributed by atoms with Crippen molar-refractivity contribution in [1.82, 2.24) is 9.55 Å². The molecule has 1 heterocycles. The summed E-state index contributed by atoms with van der Waals surface area (Å²) in [6, 6.07) is 14.1. The molecule has 0 aliphatic rings. The summed E-state index contributed by atoms with van der Waals surface area (Å²) in [6.07, 6.45) is 1.30. The Labute approximate surface area is 148 Å². The maximum Gasteiger partial charge on any atom is 0.254 e. The van der Waals surface area contributed by atoms with Crippen molar-refractivity contribution < 1.29 is 13.9 Å². The van der Waals surface area contributed by atoms with E-state index in [2.05, 4.69) is 10.3 Å². The Kier molecular flexibility index (Phi) is 5.07. The summed E-state index contributed by atoms with van der Waals surface area (Å²) in [6.45, 7) is -0.228. The fraction of sp³-hybridized carbons (Fsp3) is 0.105. The topological polar surface area (TPSA) is 73.2 Å². The number of ether oxygens (including phenoxy) is 1. The molecule has 3 aromatic rings. The molecule has 0 atom stereocenters. The van der Waals surface area contributed by atoms with Crippen LogP contribution in [0.1, 0.15) is 0 Å². The van der Waals surface area contributed by atoms with Crippen molar-refractivity contribution in [2.24, 2.45) is 0 Å². The number of halogens is 1. The standard InChI is InChI=1S/C19H16FN3O3/c1-26-17-8-3-2-7-15(17)16-10-19(25)23(12-21-16)11-18(24)22-14-6-4-5-13(20)9-14/h2-10,12H,11H2,1H3,(H,22,24). The van der Waals surface area contributed by atoms with Crippen LogP contribution >= 0.6 is 0 Å². The van der Waals surface area contributed by atoms with Crippen LogP contribution in [0.3, 0.4) is 0 Å². The number of benzene rings is 2. The van der Waals surface area contributed by atoms with Gasteiger partial charge in [-0.3, -0.25) is 14.2 Å². The second-order valence-electron chi connectivity index (χ2n) is 5.50. The van der Waals surface area contributed by atoms with Gasteiger partial charge in [-0.1, -0.05) is 18.2 Å². The van der Waals surface area contributed by atoms with Gasteiger partial charge in [0.15, 0.2) is 0 Å². The molecule has 1 N–H and O–H groups in total. The number of carbonyl (C=O) groups excluding carboxylic acids is 1. The van der Waals surface area contributed by atoms with Crippen LogP contribution in [0.15, 0.2) is 65.7 Å². The summed E-state index contributed by atoms with van der Waals surface area (Å²) >= 11 is 0. The van der Waals surface area contributed by atoms with Crippen molar-refractivity contribution in [3.8, 4) is 17.0 Å². The fourth-order valence-corrected chi connectivity index (χ4v) is 2.47. The van der Waals surface area contributed by atoms with Crippen molar-refractivity contribution in [1.29, 1.82) is 0 Å². The van der Waals surface area contributed by atoms with E-state index in [0.29, 0.717) is 22.7 Å². The van der Waals surface area contributed by atoms with E-state index >= 15 is 0 Å². The first-order valence-corrected chi connectivity index (χ1v) is 7.82. The van der Waals surface area contributed by atoms with Crippen LogP contribution in [0.5, 0.6) is 5.75 Å². The van der Waals surface area contributed by atoms with Crippen LogP contribution in [0.2, 0.25) is 0 Å². The summed E-state index contributed by atoms with van der Waals surface area (Å²) in [5.41, 5.74) is 1.08. The van der Waals surface area contributed by atoms with E-state index in [0.717, 1.165) is 0 Å². The minimum absolute atomic E-state index is 0.228. The Morgan fingerprint density at radius 3 is 2.73 bits per heavy atom. The lowest BCUT2D eigenvalue weighted by Gasteiger charge is -2.10. The van der Waals surface area contributed by atoms with Gasteiger partial charge in [-0.2, -0.15) is 0 Å². The van der Waals surface area contributed by atoms with Crippen molar-refractivity contribution in [2.45, 2.75) is 6.54 Å². The summed E-state index contributed by atoms with van der Waals surface area (Å²) in [5.74, 6) is -0.312. The van der Waals surface area contributed by atoms with Crippen molar-refractivity contribution >= 4 is 11.6 Å². The van der Waals surface area contributed by atoms with Gasteiger partial charge in [-0.25, -0.2) is 9.37 Å². The van der Waals surface area contributed by atoms with Gasteiger partial charge in [0.2, 0.25) is 5.91 Å². The maximum absolute atomic E-state index is 13.1. The van der Waals surface area contributed by atoms with Crippen LogP contribution < -0.4 is 15.6 Å². The zero-order valence-corrected chi connectivity index (χ0v) is 14.0. The van der Waals surface area contributed by atoms with Crippen LogP contribution in [-0.4, -0.2) is 22.6 Å². The van der Waals surface area contributed by atoms with Gasteiger partial charge in [0, 0.05) is 17.3 Å². The molecule has 0 aliphatic carbocycles. The van der Waals surface area contributed by atoms with E-state index in [1.165, 1.54) is 42.3 Å². The molecule has 0 saturated heterocycles. The van der Waals surface area contributed by atoms with Crippen molar-refractivity contribution in [2.75, 3.05) is 12.4 Å². The molecule has 132 valence electrons. The Hall–Kier alpha value is -3.48. The number of aromatic nitrogens is 2. The molecule has 0 saturated carbocycles. The zero-order chi connectivity index (χ0) is 18.5. The summed E-state index contributed by atoms with van der Waals surface area (Å²) in [7, 11) is 1.54. The molecule has 1 aromatic heterocycles. The largest absolute Gasteiger partial charge is 0.496 e. The van der Waals surface area contributed by atoms with Gasteiger partial charge in [0.25, 0.3) is 5.56 Å². The van der Waals surface area contributed by atoms with Gasteiger partial charge in [-0.15, -0.1) is 0 Å². The predicted octanol–water partition coefficient (Wildman–Crippen LogP) is 2.70. The van der Waals surface area contributed by atoms with E-state index < -0.39 is 11.7 Å². The Bertz CT molecular complexity index is 1000. The first kappa shape index (κ1) is 17.3. The van der Waals surface area contributed by atoms with Crippen LogP contribution in [0.4, 0.5) is 10.1 Å². The number of amides is 1. The predicted molar refractivity (Wildman–Crippen MR) is 95.5 cm³/mol. The molecule has 0 unspecified atom stereocenters. The Morgan fingerprint density at radius 2 is 2.00 bits per heavy atom. The molecular weight excluding hydrogens is 337 g/mol. The van der Waals surface area contributed by atoms with E-state index in [1.807, 2.05) is 12.1 Å². The quantitative estimate of drug-likeness (QED) is 0.765. The lowest BCUT2D eigenvalue weighted by atomic mass is 10.1. The fourth-order valence-electron chi connectivity index (χ4n) is 2.47. The summed E-state index contributed by atoms with van der Waals surface area (Å²) < 4.78 is 19.6. The molecular formula is C19H16FN3O3. The third-order valence-corrected chi connectivity index (χ3v) is 3.68. The molecule has 0 spiro atoms. The maximum atomic E-state index is 13.1. The molecule has 0 fully saturated rings. The minimum atomic E-state index is -0.456. The van der Waals surface area contributed by atoms with Gasteiger partial charge >= 0.3 is 0 Å². The van der Waals surface area contributed by atoms with E-state index in [4.69, 9.17) is 4.74 Å². The molecule has 2 aromatic carbocycles. The van der Waals surface area contributed by atoms with E-state index in [-0.39, 0.29) is 12.1 Å². The SMILES string of the molecule is COc1ccccc1-c1cc(=O)n(CC(=O)Nc2cccc(F)c2)cn1. The monoisotopic (exact) mass is 353 g/mol. The van der Waals surface area contributed by atoms with Crippen LogP contribution in [-0.2, 0) is 11.3 Å².